The van der Waals surface area contributed by atoms with Gasteiger partial charge in [0, 0.05) is 53.4 Å². The maximum Gasteiger partial charge on any atom is 0.228 e. The summed E-state index contributed by atoms with van der Waals surface area (Å²) in [7, 11) is 0. The second-order valence-electron chi connectivity index (χ2n) is 14.2. The van der Waals surface area contributed by atoms with Gasteiger partial charge in [0.15, 0.2) is 23.1 Å². The van der Waals surface area contributed by atoms with Gasteiger partial charge in [-0.25, -0.2) is 19.9 Å². The van der Waals surface area contributed by atoms with E-state index in [1.165, 1.54) is 14.8 Å². The first-order valence-electron chi connectivity index (χ1n) is 18.8. The van der Waals surface area contributed by atoms with Crippen LogP contribution in [0.15, 0.2) is 179 Å². The molecule has 6 nitrogen and oxygen atoms in total. The first kappa shape index (κ1) is 31.8. The molecule has 266 valence electrons. The third kappa shape index (κ3) is 5.17. The van der Waals surface area contributed by atoms with Gasteiger partial charge in [0.05, 0.1) is 5.39 Å². The molecule has 12 aromatic rings. The lowest BCUT2D eigenvalue weighted by atomic mass is 9.97. The first-order valence-corrected chi connectivity index (χ1v) is 19.6. The number of nitrogens with zero attached hydrogens (tertiary/aromatic N) is 4. The molecule has 7 heteroatoms. The van der Waals surface area contributed by atoms with E-state index in [9.17, 15) is 0 Å². The molecule has 0 amide bonds. The van der Waals surface area contributed by atoms with Gasteiger partial charge in [-0.05, 0) is 58.8 Å². The Bertz CT molecular complexity index is 3470. The van der Waals surface area contributed by atoms with E-state index in [0.717, 1.165) is 77.0 Å². The number of hydrogen-bond acceptors (Lipinski definition) is 7. The van der Waals surface area contributed by atoms with Crippen LogP contribution < -0.4 is 0 Å². The number of furan rings is 1. The van der Waals surface area contributed by atoms with Gasteiger partial charge in [-0.1, -0.05) is 127 Å². The summed E-state index contributed by atoms with van der Waals surface area (Å²) in [4.78, 5) is 20.0. The van der Waals surface area contributed by atoms with Crippen LogP contribution in [-0.2, 0) is 0 Å². The first-order chi connectivity index (χ1) is 28.2. The van der Waals surface area contributed by atoms with Crippen molar-refractivity contribution < 1.29 is 8.83 Å². The Kier molecular flexibility index (Phi) is 7.00. The maximum absolute atomic E-state index is 6.74. The molecule has 0 radical (unpaired) electrons. The molecule has 0 bridgehead atoms. The van der Waals surface area contributed by atoms with E-state index in [1.54, 1.807) is 11.3 Å². The highest BCUT2D eigenvalue weighted by molar-refractivity contribution is 7.25. The third-order valence-electron chi connectivity index (χ3n) is 10.7. The van der Waals surface area contributed by atoms with Crippen molar-refractivity contribution in [1.82, 2.24) is 19.9 Å². The average Bonchev–Trinajstić information content (AvgIpc) is 4.00. The Morgan fingerprint density at radius 1 is 0.386 bits per heavy atom. The minimum absolute atomic E-state index is 0.595. The highest BCUT2D eigenvalue weighted by Gasteiger charge is 2.23. The second-order valence-corrected chi connectivity index (χ2v) is 15.3. The molecule has 0 unspecified atom stereocenters. The summed E-state index contributed by atoms with van der Waals surface area (Å²) in [6.07, 6.45) is 0. The summed E-state index contributed by atoms with van der Waals surface area (Å²) in [6.45, 7) is 0. The zero-order chi connectivity index (χ0) is 37.5. The van der Waals surface area contributed by atoms with Crippen LogP contribution in [0.2, 0.25) is 0 Å². The predicted molar refractivity (Wildman–Crippen MR) is 232 cm³/mol. The topological polar surface area (TPSA) is 77.8 Å². The summed E-state index contributed by atoms with van der Waals surface area (Å²) in [5, 5.41) is 6.47. The van der Waals surface area contributed by atoms with Crippen LogP contribution in [0.1, 0.15) is 0 Å². The van der Waals surface area contributed by atoms with Gasteiger partial charge in [0.1, 0.15) is 16.7 Å². The van der Waals surface area contributed by atoms with Crippen LogP contribution in [0.3, 0.4) is 0 Å². The van der Waals surface area contributed by atoms with Crippen molar-refractivity contribution in [3.05, 3.63) is 170 Å². The lowest BCUT2D eigenvalue weighted by molar-refractivity contribution is 0.620. The SMILES string of the molecule is c1ccc(-c2nc(-c3ccccc3)nc(-c3ccc4cc(-c5cc6oc(-c7cccc8sc9ccccc9c78)nc6c6c5oc5ccccc56)ccc4c3)n2)cc1. The van der Waals surface area contributed by atoms with Gasteiger partial charge in [0.25, 0.3) is 0 Å². The smallest absolute Gasteiger partial charge is 0.228 e. The monoisotopic (exact) mass is 748 g/mol. The molecule has 12 rings (SSSR count). The summed E-state index contributed by atoms with van der Waals surface area (Å²) in [5.74, 6) is 2.49. The van der Waals surface area contributed by atoms with Gasteiger partial charge < -0.3 is 8.83 Å². The minimum atomic E-state index is 0.595. The van der Waals surface area contributed by atoms with Crippen molar-refractivity contribution >= 4 is 75.3 Å². The van der Waals surface area contributed by atoms with Gasteiger partial charge >= 0.3 is 0 Å². The van der Waals surface area contributed by atoms with Gasteiger partial charge in [0.2, 0.25) is 5.89 Å². The summed E-state index contributed by atoms with van der Waals surface area (Å²) >= 11 is 1.79. The Labute approximate surface area is 329 Å². The van der Waals surface area contributed by atoms with Crippen molar-refractivity contribution in [2.24, 2.45) is 0 Å². The van der Waals surface area contributed by atoms with Crippen LogP contribution in [-0.4, -0.2) is 19.9 Å². The van der Waals surface area contributed by atoms with Crippen LogP contribution in [0.5, 0.6) is 0 Å². The Balaban J connectivity index is 1.01. The molecule has 8 aromatic carbocycles. The molecule has 0 saturated heterocycles. The Morgan fingerprint density at radius 2 is 1.00 bits per heavy atom. The van der Waals surface area contributed by atoms with E-state index in [1.807, 2.05) is 78.9 Å². The molecule has 0 atom stereocenters. The second kappa shape index (κ2) is 12.5. The molecule has 4 heterocycles. The molecule has 0 N–H and O–H groups in total. The predicted octanol–water partition coefficient (Wildman–Crippen LogP) is 13.8. The summed E-state index contributed by atoms with van der Waals surface area (Å²) in [5.41, 5.74) is 8.83. The largest absolute Gasteiger partial charge is 0.455 e. The van der Waals surface area contributed by atoms with Crippen molar-refractivity contribution in [2.45, 2.75) is 0 Å². The maximum atomic E-state index is 6.74. The highest BCUT2D eigenvalue weighted by Crippen LogP contribution is 2.45. The number of para-hydroxylation sites is 1. The lowest BCUT2D eigenvalue weighted by Crippen LogP contribution is -2.00. The lowest BCUT2D eigenvalue weighted by Gasteiger charge is -2.10. The number of oxazole rings is 1. The van der Waals surface area contributed by atoms with E-state index >= 15 is 0 Å². The summed E-state index contributed by atoms with van der Waals surface area (Å²) < 4.78 is 15.8. The molecule has 4 aromatic heterocycles. The number of thiophene rings is 1. The fraction of sp³-hybridized carbons (Fsp3) is 0. The van der Waals surface area contributed by atoms with E-state index < -0.39 is 0 Å². The van der Waals surface area contributed by atoms with Crippen LogP contribution >= 0.6 is 11.3 Å². The van der Waals surface area contributed by atoms with E-state index in [-0.39, 0.29) is 0 Å². The Hall–Kier alpha value is -7.48. The van der Waals surface area contributed by atoms with Crippen molar-refractivity contribution in [2.75, 3.05) is 0 Å². The standard InChI is InChI=1S/C50H28N4O2S/c1-3-12-29(13-4-1)47-52-48(30-14-5-2-6-15-30)54-49(53-47)34-25-23-31-26-33(24-22-32(31)27-34)38-28-40-45(44-35-16-7-9-19-39(35)55-46(38)44)51-50(56-40)37-18-11-21-42-43(37)36-17-8-10-20-41(36)57-42/h1-28H. The number of fused-ring (bicyclic) bond motifs is 9. The molecule has 0 fully saturated rings. The van der Waals surface area contributed by atoms with E-state index in [0.29, 0.717) is 28.9 Å². The number of rotatable bonds is 5. The fourth-order valence-electron chi connectivity index (χ4n) is 8.05. The fourth-order valence-corrected chi connectivity index (χ4v) is 9.18. The van der Waals surface area contributed by atoms with E-state index in [2.05, 4.69) is 91.0 Å². The number of hydrogen-bond donors (Lipinski definition) is 0. The number of benzene rings is 8. The quantitative estimate of drug-likeness (QED) is 0.174. The number of aromatic nitrogens is 4. The molecule has 0 aliphatic heterocycles. The summed E-state index contributed by atoms with van der Waals surface area (Å²) in [6, 6.07) is 58.1. The Morgan fingerprint density at radius 3 is 1.75 bits per heavy atom. The molecular weight excluding hydrogens is 721 g/mol. The normalized spacial score (nSPS) is 11.9. The van der Waals surface area contributed by atoms with Gasteiger partial charge in [-0.2, -0.15) is 0 Å². The van der Waals surface area contributed by atoms with Gasteiger partial charge in [-0.3, -0.25) is 0 Å². The minimum Gasteiger partial charge on any atom is -0.455 e. The zero-order valence-electron chi connectivity index (χ0n) is 30.2. The van der Waals surface area contributed by atoms with Crippen molar-refractivity contribution in [1.29, 1.82) is 0 Å². The molecular formula is C50H28N4O2S. The van der Waals surface area contributed by atoms with Crippen molar-refractivity contribution in [3.8, 4) is 56.7 Å². The highest BCUT2D eigenvalue weighted by atomic mass is 32.1. The molecule has 0 spiro atoms. The molecule has 0 aliphatic carbocycles. The van der Waals surface area contributed by atoms with E-state index in [4.69, 9.17) is 28.8 Å². The third-order valence-corrected chi connectivity index (χ3v) is 11.9. The zero-order valence-corrected chi connectivity index (χ0v) is 31.0. The average molecular weight is 749 g/mol. The van der Waals surface area contributed by atoms with Crippen LogP contribution in [0, 0.1) is 0 Å². The van der Waals surface area contributed by atoms with Crippen molar-refractivity contribution in [3.63, 3.8) is 0 Å². The van der Waals surface area contributed by atoms with Gasteiger partial charge in [-0.15, -0.1) is 11.3 Å². The molecule has 57 heavy (non-hydrogen) atoms. The molecule has 0 aliphatic rings. The molecule has 0 saturated carbocycles. The van der Waals surface area contributed by atoms with Crippen LogP contribution in [0.4, 0.5) is 0 Å². The van der Waals surface area contributed by atoms with Crippen LogP contribution in [0.25, 0.3) is 121 Å².